The second-order valence-corrected chi connectivity index (χ2v) is 12.0. The highest BCUT2D eigenvalue weighted by molar-refractivity contribution is 7.89. The Hall–Kier alpha value is -1.40. The smallest absolute Gasteiger partial charge is 0.243 e. The lowest BCUT2D eigenvalue weighted by molar-refractivity contribution is -0.127. The van der Waals surface area contributed by atoms with Gasteiger partial charge in [0.05, 0.1) is 4.90 Å². The average Bonchev–Trinajstić information content (AvgIpc) is 3.37. The maximum Gasteiger partial charge on any atom is 0.243 e. The molecule has 166 valence electrons. The van der Waals surface area contributed by atoms with Gasteiger partial charge in [-0.1, -0.05) is 32.4 Å². The van der Waals surface area contributed by atoms with Gasteiger partial charge in [-0.25, -0.2) is 8.42 Å². The van der Waals surface area contributed by atoms with E-state index >= 15 is 0 Å². The molecule has 2 aliphatic carbocycles. The van der Waals surface area contributed by atoms with Crippen molar-refractivity contribution in [2.75, 3.05) is 13.1 Å². The van der Waals surface area contributed by atoms with E-state index in [9.17, 15) is 13.2 Å². The number of rotatable bonds is 6. The fourth-order valence-electron chi connectivity index (χ4n) is 5.89. The van der Waals surface area contributed by atoms with Crippen LogP contribution in [0.3, 0.4) is 0 Å². The molecule has 1 aromatic rings. The maximum atomic E-state index is 13.0. The average molecular weight is 433 g/mol. The summed E-state index contributed by atoms with van der Waals surface area (Å²) in [4.78, 5) is 13.2. The first-order valence-corrected chi connectivity index (χ1v) is 13.1. The highest BCUT2D eigenvalue weighted by Gasteiger charge is 2.42. The number of nitrogens with one attached hydrogen (secondary N) is 1. The summed E-state index contributed by atoms with van der Waals surface area (Å²) in [7, 11) is -3.49. The van der Waals surface area contributed by atoms with Crippen molar-refractivity contribution < 1.29 is 13.2 Å². The van der Waals surface area contributed by atoms with Gasteiger partial charge in [0, 0.05) is 25.0 Å². The van der Waals surface area contributed by atoms with Crippen LogP contribution < -0.4 is 5.32 Å². The van der Waals surface area contributed by atoms with Crippen molar-refractivity contribution in [1.29, 1.82) is 0 Å². The van der Waals surface area contributed by atoms with Crippen molar-refractivity contribution in [1.82, 2.24) is 9.62 Å². The topological polar surface area (TPSA) is 66.5 Å². The minimum Gasteiger partial charge on any atom is -0.353 e. The third-order valence-corrected chi connectivity index (χ3v) is 9.73. The van der Waals surface area contributed by atoms with Gasteiger partial charge in [0.15, 0.2) is 0 Å². The first-order chi connectivity index (χ1) is 14.3. The standard InChI is InChI=1S/C24H36N2O3S/c1-16(2)19-6-8-22(9-7-19)30(28,29)26-12-10-20(11-13-26)24(27)25-17(3)23-15-18-4-5-21(23)14-18/h6-9,16-18,20-21,23H,4-5,10-15H2,1-3H3,(H,25,27). The first kappa shape index (κ1) is 21.8. The molecule has 0 aromatic heterocycles. The van der Waals surface area contributed by atoms with Crippen LogP contribution in [0, 0.1) is 23.7 Å². The van der Waals surface area contributed by atoms with Crippen LogP contribution in [0.4, 0.5) is 0 Å². The number of carbonyl (C=O) groups is 1. The third-order valence-electron chi connectivity index (χ3n) is 7.81. The van der Waals surface area contributed by atoms with E-state index in [0.717, 1.165) is 17.4 Å². The Kier molecular flexibility index (Phi) is 6.27. The van der Waals surface area contributed by atoms with Gasteiger partial charge >= 0.3 is 0 Å². The molecule has 30 heavy (non-hydrogen) atoms. The fourth-order valence-corrected chi connectivity index (χ4v) is 7.36. The van der Waals surface area contributed by atoms with Crippen LogP contribution in [0.5, 0.6) is 0 Å². The number of nitrogens with zero attached hydrogens (tertiary/aromatic N) is 1. The Balaban J connectivity index is 1.31. The Morgan fingerprint density at radius 2 is 1.67 bits per heavy atom. The van der Waals surface area contributed by atoms with E-state index in [2.05, 4.69) is 26.1 Å². The summed E-state index contributed by atoms with van der Waals surface area (Å²) < 4.78 is 27.5. The Labute approximate surface area is 181 Å². The van der Waals surface area contributed by atoms with Crippen molar-refractivity contribution in [2.45, 2.75) is 76.2 Å². The number of piperidine rings is 1. The molecule has 6 heteroatoms. The molecule has 1 saturated heterocycles. The second-order valence-electron chi connectivity index (χ2n) is 10.0. The molecular weight excluding hydrogens is 396 g/mol. The van der Waals surface area contributed by atoms with E-state index in [1.54, 1.807) is 16.4 Å². The van der Waals surface area contributed by atoms with E-state index in [0.29, 0.717) is 42.7 Å². The minimum absolute atomic E-state index is 0.0826. The second kappa shape index (κ2) is 8.62. The van der Waals surface area contributed by atoms with Gasteiger partial charge < -0.3 is 5.32 Å². The minimum atomic E-state index is -3.49. The molecule has 3 fully saturated rings. The van der Waals surface area contributed by atoms with E-state index in [1.165, 1.54) is 25.7 Å². The Bertz CT molecular complexity index is 857. The molecule has 0 spiro atoms. The van der Waals surface area contributed by atoms with Gasteiger partial charge in [0.1, 0.15) is 0 Å². The summed E-state index contributed by atoms with van der Waals surface area (Å²) in [5.74, 6) is 2.70. The summed E-state index contributed by atoms with van der Waals surface area (Å²) in [6.07, 6.45) is 6.49. The van der Waals surface area contributed by atoms with Crippen LogP contribution in [0.25, 0.3) is 0 Å². The van der Waals surface area contributed by atoms with Gasteiger partial charge in [0.25, 0.3) is 0 Å². The highest BCUT2D eigenvalue weighted by Crippen LogP contribution is 2.49. The number of fused-ring (bicyclic) bond motifs is 2. The lowest BCUT2D eigenvalue weighted by atomic mass is 9.83. The number of benzene rings is 1. The summed E-state index contributed by atoms with van der Waals surface area (Å²) in [6, 6.07) is 7.44. The monoisotopic (exact) mass is 432 g/mol. The van der Waals surface area contributed by atoms with Gasteiger partial charge in [-0.3, -0.25) is 4.79 Å². The quantitative estimate of drug-likeness (QED) is 0.734. The van der Waals surface area contributed by atoms with E-state index < -0.39 is 10.0 Å². The normalized spacial score (nSPS) is 28.7. The van der Waals surface area contributed by atoms with E-state index in [4.69, 9.17) is 0 Å². The van der Waals surface area contributed by atoms with Crippen molar-refractivity contribution in [3.05, 3.63) is 29.8 Å². The predicted molar refractivity (Wildman–Crippen MR) is 119 cm³/mol. The molecule has 1 amide bonds. The van der Waals surface area contributed by atoms with Crippen molar-refractivity contribution in [2.24, 2.45) is 23.7 Å². The van der Waals surface area contributed by atoms with Crippen molar-refractivity contribution in [3.63, 3.8) is 0 Å². The van der Waals surface area contributed by atoms with Crippen LogP contribution in [0.2, 0.25) is 0 Å². The maximum absolute atomic E-state index is 13.0. The molecule has 1 heterocycles. The van der Waals surface area contributed by atoms with Crippen molar-refractivity contribution >= 4 is 15.9 Å². The van der Waals surface area contributed by atoms with E-state index in [1.807, 2.05) is 12.1 Å². The molecule has 1 aromatic carbocycles. The highest BCUT2D eigenvalue weighted by atomic mass is 32.2. The number of carbonyl (C=O) groups excluding carboxylic acids is 1. The molecular formula is C24H36N2O3S. The molecule has 4 rings (SSSR count). The van der Waals surface area contributed by atoms with Gasteiger partial charge in [-0.15, -0.1) is 0 Å². The SMILES string of the molecule is CC(C)c1ccc(S(=O)(=O)N2CCC(C(=O)NC(C)C3CC4CCC3C4)CC2)cc1. The predicted octanol–water partition coefficient (Wildman–Crippen LogP) is 4.15. The zero-order chi connectivity index (χ0) is 21.5. The molecule has 5 nitrogen and oxygen atoms in total. The van der Waals surface area contributed by atoms with Crippen molar-refractivity contribution in [3.8, 4) is 0 Å². The summed E-state index contributed by atoms with van der Waals surface area (Å²) >= 11 is 0. The van der Waals surface area contributed by atoms with Gasteiger partial charge in [-0.2, -0.15) is 4.31 Å². The van der Waals surface area contributed by atoms with E-state index in [-0.39, 0.29) is 17.9 Å². The van der Waals surface area contributed by atoms with Crippen LogP contribution in [-0.4, -0.2) is 37.8 Å². The molecule has 4 atom stereocenters. The fraction of sp³-hybridized carbons (Fsp3) is 0.708. The number of hydrogen-bond acceptors (Lipinski definition) is 3. The van der Waals surface area contributed by atoms with Gasteiger partial charge in [-0.05, 0) is 80.4 Å². The number of amides is 1. The first-order valence-electron chi connectivity index (χ1n) is 11.7. The molecule has 4 unspecified atom stereocenters. The zero-order valence-corrected chi connectivity index (χ0v) is 19.3. The molecule has 3 aliphatic rings. The Morgan fingerprint density at radius 3 is 2.20 bits per heavy atom. The van der Waals surface area contributed by atoms with Crippen LogP contribution in [0.15, 0.2) is 29.2 Å². The molecule has 1 aliphatic heterocycles. The molecule has 2 saturated carbocycles. The lowest BCUT2D eigenvalue weighted by Gasteiger charge is -2.33. The van der Waals surface area contributed by atoms with Crippen LogP contribution in [-0.2, 0) is 14.8 Å². The van der Waals surface area contributed by atoms with Crippen LogP contribution in [0.1, 0.15) is 70.8 Å². The number of sulfonamides is 1. The Morgan fingerprint density at radius 1 is 1.00 bits per heavy atom. The molecule has 2 bridgehead atoms. The summed E-state index contributed by atoms with van der Waals surface area (Å²) in [5.41, 5.74) is 1.13. The largest absolute Gasteiger partial charge is 0.353 e. The molecule has 1 N–H and O–H groups in total. The lowest BCUT2D eigenvalue weighted by Crippen LogP contribution is -2.47. The summed E-state index contributed by atoms with van der Waals surface area (Å²) in [6.45, 7) is 7.17. The van der Waals surface area contributed by atoms with Gasteiger partial charge in [0.2, 0.25) is 15.9 Å². The summed E-state index contributed by atoms with van der Waals surface area (Å²) in [5, 5.41) is 3.27. The zero-order valence-electron chi connectivity index (χ0n) is 18.5. The number of hydrogen-bond donors (Lipinski definition) is 1. The third kappa shape index (κ3) is 4.31. The molecule has 0 radical (unpaired) electrons. The van der Waals surface area contributed by atoms with Crippen LogP contribution >= 0.6 is 0 Å².